The van der Waals surface area contributed by atoms with Crippen molar-refractivity contribution >= 4 is 23.2 Å². The lowest BCUT2D eigenvalue weighted by molar-refractivity contribution is -0.137. The molecule has 1 N–H and O–H groups in total. The van der Waals surface area contributed by atoms with Crippen LogP contribution in [0.5, 0.6) is 0 Å². The molecular weight excluding hydrogens is 525 g/mol. The number of nitriles is 1. The van der Waals surface area contributed by atoms with E-state index in [-0.39, 0.29) is 24.9 Å². The molecule has 2 aromatic carbocycles. The topological polar surface area (TPSA) is 59.4 Å². The summed E-state index contributed by atoms with van der Waals surface area (Å²) in [5, 5.41) is 12.9. The summed E-state index contributed by atoms with van der Waals surface area (Å²) >= 11 is 5.98. The molecule has 39 heavy (non-hydrogen) atoms. The Morgan fingerprint density at radius 3 is 2.31 bits per heavy atom. The zero-order chi connectivity index (χ0) is 27.1. The first-order valence-corrected chi connectivity index (χ1v) is 13.7. The van der Waals surface area contributed by atoms with Gasteiger partial charge in [-0.1, -0.05) is 31.2 Å². The van der Waals surface area contributed by atoms with Gasteiger partial charge in [-0.05, 0) is 100.0 Å². The van der Waals surface area contributed by atoms with E-state index in [1.807, 2.05) is 17.0 Å². The van der Waals surface area contributed by atoms with E-state index in [4.69, 9.17) is 16.9 Å². The van der Waals surface area contributed by atoms with Gasteiger partial charge in [-0.15, -0.1) is 0 Å². The number of alkyl halides is 3. The highest BCUT2D eigenvalue weighted by Crippen LogP contribution is 2.34. The summed E-state index contributed by atoms with van der Waals surface area (Å²) in [6.45, 7) is 4.24. The number of likely N-dealkylation sites (tertiary alicyclic amines) is 2. The highest BCUT2D eigenvalue weighted by molar-refractivity contribution is 6.30. The first kappa shape index (κ1) is 30.8. The Morgan fingerprint density at radius 1 is 1.03 bits per heavy atom. The van der Waals surface area contributed by atoms with Crippen LogP contribution in [0.1, 0.15) is 62.6 Å². The van der Waals surface area contributed by atoms with Crippen molar-refractivity contribution < 1.29 is 18.0 Å². The maximum atomic E-state index is 13.2. The number of rotatable bonds is 8. The van der Waals surface area contributed by atoms with Crippen molar-refractivity contribution in [3.8, 4) is 6.07 Å². The molecule has 2 saturated heterocycles. The highest BCUT2D eigenvalue weighted by Gasteiger charge is 2.34. The molecule has 2 aliphatic heterocycles. The van der Waals surface area contributed by atoms with Gasteiger partial charge in [0.05, 0.1) is 17.2 Å². The van der Waals surface area contributed by atoms with Crippen LogP contribution >= 0.6 is 11.6 Å². The molecular formula is C30H38ClF3N4O. The van der Waals surface area contributed by atoms with Gasteiger partial charge in [0.2, 0.25) is 5.91 Å². The Bertz CT molecular complexity index is 1120. The van der Waals surface area contributed by atoms with Crippen LogP contribution in [-0.4, -0.2) is 54.5 Å². The van der Waals surface area contributed by atoms with Gasteiger partial charge >= 0.3 is 6.18 Å². The number of benzene rings is 2. The second kappa shape index (κ2) is 14.0. The van der Waals surface area contributed by atoms with Gasteiger partial charge in [-0.3, -0.25) is 4.79 Å². The average molecular weight is 563 g/mol. The fraction of sp³-hybridized carbons (Fsp3) is 0.533. The Morgan fingerprint density at radius 2 is 1.69 bits per heavy atom. The second-order valence-corrected chi connectivity index (χ2v) is 10.8. The quantitative estimate of drug-likeness (QED) is 0.376. The van der Waals surface area contributed by atoms with Crippen molar-refractivity contribution in [3.63, 3.8) is 0 Å². The Balaban J connectivity index is 0.00000420. The van der Waals surface area contributed by atoms with Crippen molar-refractivity contribution in [2.75, 3.05) is 38.0 Å². The number of nitrogens with zero attached hydrogens (tertiary/aromatic N) is 3. The van der Waals surface area contributed by atoms with Crippen molar-refractivity contribution in [1.29, 1.82) is 5.26 Å². The number of anilines is 1. The smallest absolute Gasteiger partial charge is 0.382 e. The lowest BCUT2D eigenvalue weighted by Crippen LogP contribution is -2.42. The van der Waals surface area contributed by atoms with Crippen LogP contribution in [0.3, 0.4) is 0 Å². The van der Waals surface area contributed by atoms with Crippen LogP contribution in [0.25, 0.3) is 0 Å². The number of halogens is 4. The summed E-state index contributed by atoms with van der Waals surface area (Å²) in [6, 6.07) is 13.4. The summed E-state index contributed by atoms with van der Waals surface area (Å²) in [7, 11) is 0. The standard InChI is InChI=1S/C29H34ClF3N4O.CH4/c30-24-6-3-21(4-7-24)18-22-9-14-36(15-10-22)13-1-2-28(38)37-16-11-25(12-17-37)35-26-8-5-23(20-34)27(19-26)29(31,32)33;/h3-8,19,22,25,35H,1-2,9-18H2;1H4. The molecule has 0 unspecified atom stereocenters. The lowest BCUT2D eigenvalue weighted by Gasteiger charge is -2.34. The molecule has 9 heteroatoms. The molecule has 0 aromatic heterocycles. The first-order chi connectivity index (χ1) is 18.2. The van der Waals surface area contributed by atoms with E-state index in [2.05, 4.69) is 22.3 Å². The minimum absolute atomic E-state index is 0. The third kappa shape index (κ3) is 8.87. The van der Waals surface area contributed by atoms with Crippen molar-refractivity contribution in [2.24, 2.45) is 5.92 Å². The number of hydrogen-bond acceptors (Lipinski definition) is 4. The number of piperidine rings is 2. The van der Waals surface area contributed by atoms with Gasteiger partial charge < -0.3 is 15.1 Å². The molecule has 0 spiro atoms. The SMILES string of the molecule is C.N#Cc1ccc(NC2CCN(C(=O)CCCN3CCC(Cc4ccc(Cl)cc4)CC3)CC2)cc1C(F)(F)F. The second-order valence-electron chi connectivity index (χ2n) is 10.4. The van der Waals surface area contributed by atoms with Crippen molar-refractivity contribution in [3.05, 3.63) is 64.2 Å². The lowest BCUT2D eigenvalue weighted by atomic mass is 9.90. The van der Waals surface area contributed by atoms with E-state index in [0.717, 1.165) is 43.6 Å². The van der Waals surface area contributed by atoms with Gasteiger partial charge in [0.25, 0.3) is 0 Å². The Labute approximate surface area is 234 Å². The van der Waals surface area contributed by atoms with Gasteiger partial charge in [-0.2, -0.15) is 18.4 Å². The summed E-state index contributed by atoms with van der Waals surface area (Å²) < 4.78 is 39.7. The predicted molar refractivity (Wildman–Crippen MR) is 150 cm³/mol. The zero-order valence-corrected chi connectivity index (χ0v) is 22.2. The van der Waals surface area contributed by atoms with E-state index in [1.54, 1.807) is 6.07 Å². The van der Waals surface area contributed by atoms with Crippen molar-refractivity contribution in [2.45, 2.75) is 64.6 Å². The Hall–Kier alpha value is -2.76. The molecule has 4 rings (SSSR count). The van der Waals surface area contributed by atoms with Gasteiger partial charge in [0.15, 0.2) is 0 Å². The minimum Gasteiger partial charge on any atom is -0.382 e. The van der Waals surface area contributed by atoms with Gasteiger partial charge in [0, 0.05) is 36.3 Å². The third-order valence-electron chi connectivity index (χ3n) is 7.67. The summed E-state index contributed by atoms with van der Waals surface area (Å²) in [6.07, 6.45) is 1.55. The molecule has 0 aliphatic carbocycles. The predicted octanol–water partition coefficient (Wildman–Crippen LogP) is 7.00. The van der Waals surface area contributed by atoms with E-state index in [1.165, 1.54) is 30.5 Å². The summed E-state index contributed by atoms with van der Waals surface area (Å²) in [5.41, 5.74) is 0.368. The molecule has 2 fully saturated rings. The molecule has 1 amide bonds. The molecule has 212 valence electrons. The van der Waals surface area contributed by atoms with Crippen LogP contribution in [0.2, 0.25) is 5.02 Å². The number of carbonyl (C=O) groups is 1. The average Bonchev–Trinajstić information content (AvgIpc) is 2.91. The fourth-order valence-electron chi connectivity index (χ4n) is 5.45. The van der Waals surface area contributed by atoms with E-state index in [9.17, 15) is 18.0 Å². The maximum Gasteiger partial charge on any atom is 0.417 e. The molecule has 2 aromatic rings. The van der Waals surface area contributed by atoms with Crippen molar-refractivity contribution in [1.82, 2.24) is 9.80 Å². The highest BCUT2D eigenvalue weighted by atomic mass is 35.5. The zero-order valence-electron chi connectivity index (χ0n) is 21.4. The molecule has 0 saturated carbocycles. The van der Waals surface area contributed by atoms with Gasteiger partial charge in [-0.25, -0.2) is 0 Å². The number of hydrogen-bond donors (Lipinski definition) is 1. The molecule has 0 bridgehead atoms. The molecule has 0 atom stereocenters. The normalized spacial score (nSPS) is 17.4. The number of nitrogens with one attached hydrogen (secondary N) is 1. The van der Waals surface area contributed by atoms with E-state index in [0.29, 0.717) is 44.0 Å². The molecule has 2 heterocycles. The maximum absolute atomic E-state index is 13.2. The summed E-state index contributed by atoms with van der Waals surface area (Å²) in [5.74, 6) is 0.840. The minimum atomic E-state index is -4.58. The molecule has 5 nitrogen and oxygen atoms in total. The van der Waals surface area contributed by atoms with E-state index >= 15 is 0 Å². The van der Waals surface area contributed by atoms with Crippen LogP contribution in [0, 0.1) is 17.2 Å². The van der Waals surface area contributed by atoms with Gasteiger partial charge in [0.1, 0.15) is 0 Å². The third-order valence-corrected chi connectivity index (χ3v) is 7.93. The largest absolute Gasteiger partial charge is 0.417 e. The molecule has 0 radical (unpaired) electrons. The monoisotopic (exact) mass is 562 g/mol. The summed E-state index contributed by atoms with van der Waals surface area (Å²) in [4.78, 5) is 17.1. The number of carbonyl (C=O) groups excluding carboxylic acids is 1. The van der Waals surface area contributed by atoms with Crippen LogP contribution in [-0.2, 0) is 17.4 Å². The van der Waals surface area contributed by atoms with Crippen LogP contribution < -0.4 is 5.32 Å². The van der Waals surface area contributed by atoms with Crippen LogP contribution in [0.4, 0.5) is 18.9 Å². The molecule has 2 aliphatic rings. The Kier molecular flexibility index (Phi) is 11.1. The fourth-order valence-corrected chi connectivity index (χ4v) is 5.58. The number of amides is 1. The van der Waals surface area contributed by atoms with E-state index < -0.39 is 11.7 Å². The first-order valence-electron chi connectivity index (χ1n) is 13.3. The van der Waals surface area contributed by atoms with Crippen LogP contribution in [0.15, 0.2) is 42.5 Å².